The highest BCUT2D eigenvalue weighted by Crippen LogP contribution is 2.40. The fraction of sp³-hybridized carbons (Fsp3) is 0.300. The molecule has 0 saturated heterocycles. The summed E-state index contributed by atoms with van der Waals surface area (Å²) in [7, 11) is 1.81. The van der Waals surface area contributed by atoms with E-state index in [1.165, 1.54) is 12.1 Å². The largest absolute Gasteiger partial charge is 0.507 e. The molecule has 1 aromatic carbocycles. The van der Waals surface area contributed by atoms with Gasteiger partial charge in [-0.05, 0) is 6.07 Å². The first-order chi connectivity index (χ1) is 7.99. The molecule has 90 valence electrons. The van der Waals surface area contributed by atoms with Gasteiger partial charge in [0.05, 0.1) is 6.10 Å². The van der Waals surface area contributed by atoms with Gasteiger partial charge in [0.15, 0.2) is 0 Å². The summed E-state index contributed by atoms with van der Waals surface area (Å²) >= 11 is 0. The van der Waals surface area contributed by atoms with Gasteiger partial charge in [-0.1, -0.05) is 5.11 Å². The molecule has 5 N–H and O–H groups in total. The number of amides is 2. The van der Waals surface area contributed by atoms with Crippen molar-refractivity contribution < 1.29 is 20.1 Å². The number of primary amides is 1. The zero-order valence-corrected chi connectivity index (χ0v) is 9.21. The maximum absolute atomic E-state index is 10.5. The number of fused-ring (bicyclic) bond motifs is 1. The van der Waals surface area contributed by atoms with E-state index >= 15 is 0 Å². The lowest BCUT2D eigenvalue weighted by atomic mass is 10.1. The smallest absolute Gasteiger partial charge is 0.505 e. The van der Waals surface area contributed by atoms with Crippen molar-refractivity contribution in [3.05, 3.63) is 17.7 Å². The van der Waals surface area contributed by atoms with Crippen molar-refractivity contribution >= 4 is 17.4 Å². The number of likely N-dealkylation sites (N-methyl/N-ethyl adjacent to an activating group) is 1. The van der Waals surface area contributed by atoms with Crippen molar-refractivity contribution in [3.63, 3.8) is 0 Å². The minimum atomic E-state index is -0.817. The Labute approximate surface area is 97.2 Å². The van der Waals surface area contributed by atoms with Gasteiger partial charge in [-0.25, -0.2) is 5.73 Å². The Balaban J connectivity index is 2.44. The number of phenolic OH excluding ortho intramolecular Hbond substituents is 1. The van der Waals surface area contributed by atoms with Crippen LogP contribution in [0.3, 0.4) is 0 Å². The number of aliphatic hydroxyl groups is 1. The maximum atomic E-state index is 10.5. The molecular weight excluding hydrogens is 224 g/mol. The van der Waals surface area contributed by atoms with Gasteiger partial charge in [0.2, 0.25) is 0 Å². The number of aliphatic hydroxyl groups excluding tert-OH is 1. The van der Waals surface area contributed by atoms with E-state index in [-0.39, 0.29) is 11.4 Å². The Morgan fingerprint density at radius 3 is 3.00 bits per heavy atom. The molecule has 1 aliphatic rings. The van der Waals surface area contributed by atoms with Crippen LogP contribution in [-0.2, 0) is 0 Å². The lowest BCUT2D eigenvalue weighted by Crippen LogP contribution is -2.73. The van der Waals surface area contributed by atoms with Gasteiger partial charge in [0.1, 0.15) is 11.4 Å². The zero-order valence-electron chi connectivity index (χ0n) is 9.21. The van der Waals surface area contributed by atoms with Crippen LogP contribution in [0.2, 0.25) is 0 Å². The molecule has 1 unspecified atom stereocenters. The van der Waals surface area contributed by atoms with Crippen LogP contribution in [0.4, 0.5) is 16.2 Å². The Kier molecular flexibility index (Phi) is 2.68. The second kappa shape index (κ2) is 4.02. The van der Waals surface area contributed by atoms with Crippen molar-refractivity contribution in [2.75, 3.05) is 18.5 Å². The molecule has 2 amide bonds. The first-order valence-electron chi connectivity index (χ1n) is 5.01. The summed E-state index contributed by atoms with van der Waals surface area (Å²) in [5.74, 6) is -0.0848. The number of carbonyl (C=O) groups is 1. The molecule has 7 nitrogen and oxygen atoms in total. The molecular formula is C10H13N4O3+. The minimum Gasteiger partial charge on any atom is -0.505 e. The molecule has 0 aromatic heterocycles. The number of β-amino-alcohol motifs (C(OH)–C–C–N with tert-alkyl or cyclic N) is 1. The number of nitrogens with one attached hydrogen (secondary N) is 1. The number of anilines is 1. The third-order valence-corrected chi connectivity index (χ3v) is 2.63. The maximum Gasteiger partial charge on any atom is 0.507 e. The molecule has 0 saturated carbocycles. The highest BCUT2D eigenvalue weighted by atomic mass is 16.3. The van der Waals surface area contributed by atoms with Crippen LogP contribution in [0.25, 0.3) is 0 Å². The number of urea groups is 1. The summed E-state index contributed by atoms with van der Waals surface area (Å²) in [6, 6.07) is 2.20. The van der Waals surface area contributed by atoms with Crippen molar-refractivity contribution in [2.45, 2.75) is 6.10 Å². The molecule has 0 fully saturated rings. The second-order valence-electron chi connectivity index (χ2n) is 3.88. The number of benzene rings is 1. The van der Waals surface area contributed by atoms with Crippen LogP contribution in [-0.4, -0.2) is 29.8 Å². The predicted molar refractivity (Wildman–Crippen MR) is 59.0 cm³/mol. The van der Waals surface area contributed by atoms with E-state index in [0.717, 1.165) is 5.69 Å². The van der Waals surface area contributed by atoms with E-state index in [2.05, 4.69) is 5.11 Å². The van der Waals surface area contributed by atoms with Gasteiger partial charge in [0, 0.05) is 30.9 Å². The quantitative estimate of drug-likeness (QED) is 0.475. The minimum absolute atomic E-state index is 0.0848. The van der Waals surface area contributed by atoms with Crippen molar-refractivity contribution in [2.24, 2.45) is 10.8 Å². The Bertz CT molecular complexity index is 501. The average Bonchev–Trinajstić information content (AvgIpc) is 2.51. The van der Waals surface area contributed by atoms with Gasteiger partial charge >= 0.3 is 6.03 Å². The Hall–Kier alpha value is -2.15. The summed E-state index contributed by atoms with van der Waals surface area (Å²) in [6.45, 7) is 0.460. The van der Waals surface area contributed by atoms with E-state index < -0.39 is 12.1 Å². The summed E-state index contributed by atoms with van der Waals surface area (Å²) < 4.78 is 0. The highest BCUT2D eigenvalue weighted by Gasteiger charge is 2.26. The second-order valence-corrected chi connectivity index (χ2v) is 3.88. The Morgan fingerprint density at radius 2 is 2.35 bits per heavy atom. The van der Waals surface area contributed by atoms with E-state index in [1.807, 2.05) is 17.1 Å². The fourth-order valence-corrected chi connectivity index (χ4v) is 1.84. The number of carbonyl (C=O) groups excluding carboxylic acids is 1. The lowest BCUT2D eigenvalue weighted by Gasteiger charge is -2.11. The monoisotopic (exact) mass is 237 g/mol. The summed E-state index contributed by atoms with van der Waals surface area (Å²) in [5.41, 5.74) is 6.44. The number of hydrogen-bond donors (Lipinski definition) is 4. The van der Waals surface area contributed by atoms with Gasteiger partial charge in [-0.3, -0.25) is 0 Å². The molecule has 17 heavy (non-hydrogen) atoms. The molecule has 0 radical (unpaired) electrons. The molecule has 0 spiro atoms. The first-order valence-corrected chi connectivity index (χ1v) is 5.01. The van der Waals surface area contributed by atoms with Crippen LogP contribution in [0.15, 0.2) is 17.2 Å². The molecule has 7 heteroatoms. The van der Waals surface area contributed by atoms with E-state index in [0.29, 0.717) is 12.1 Å². The fourth-order valence-electron chi connectivity index (χ4n) is 1.84. The number of azo groups is 1. The average molecular weight is 237 g/mol. The van der Waals surface area contributed by atoms with Gasteiger partial charge in [0.25, 0.3) is 0 Å². The number of aromatic hydroxyl groups is 1. The predicted octanol–water partition coefficient (Wildman–Crippen LogP) is -0.882. The van der Waals surface area contributed by atoms with E-state index in [1.54, 1.807) is 0 Å². The summed E-state index contributed by atoms with van der Waals surface area (Å²) in [5, 5.41) is 25.1. The molecule has 1 atom stereocenters. The topological polar surface area (TPSA) is 113 Å². The number of nitrogens with two attached hydrogens (primary N) is 1. The molecule has 1 aromatic rings. The van der Waals surface area contributed by atoms with Gasteiger partial charge in [-0.2, -0.15) is 4.79 Å². The normalized spacial score (nSPS) is 18.7. The van der Waals surface area contributed by atoms with Crippen LogP contribution in [0.1, 0.15) is 11.7 Å². The molecule has 0 bridgehead atoms. The first kappa shape index (κ1) is 11.3. The molecule has 1 aliphatic heterocycles. The van der Waals surface area contributed by atoms with Crippen LogP contribution in [0, 0.1) is 0 Å². The van der Waals surface area contributed by atoms with Crippen molar-refractivity contribution in [3.8, 4) is 5.75 Å². The summed E-state index contributed by atoms with van der Waals surface area (Å²) in [6.07, 6.45) is -0.627. The highest BCUT2D eigenvalue weighted by molar-refractivity contribution is 5.69. The lowest BCUT2D eigenvalue weighted by molar-refractivity contribution is -0.417. The van der Waals surface area contributed by atoms with Crippen LogP contribution in [0.5, 0.6) is 5.75 Å². The van der Waals surface area contributed by atoms with Crippen molar-refractivity contribution in [1.82, 2.24) is 0 Å². The number of hydrogen-bond acceptors (Lipinski definition) is 5. The number of rotatable bonds is 1. The summed E-state index contributed by atoms with van der Waals surface area (Å²) in [4.78, 5) is 12.3. The molecule has 1 heterocycles. The van der Waals surface area contributed by atoms with Crippen molar-refractivity contribution in [1.29, 1.82) is 0 Å². The Morgan fingerprint density at radius 1 is 1.65 bits per heavy atom. The van der Waals surface area contributed by atoms with Gasteiger partial charge < -0.3 is 15.1 Å². The van der Waals surface area contributed by atoms with E-state index in [9.17, 15) is 15.0 Å². The number of phenols is 1. The zero-order chi connectivity index (χ0) is 12.6. The SMILES string of the molecule is CN1CC(O)c2cc(N=[NH+]C(N)=O)c(O)cc21. The third-order valence-electron chi connectivity index (χ3n) is 2.63. The van der Waals surface area contributed by atoms with Gasteiger partial charge in [-0.15, -0.1) is 5.11 Å². The van der Waals surface area contributed by atoms with Crippen LogP contribution >= 0.6 is 0 Å². The third kappa shape index (κ3) is 2.04. The standard InChI is InChI=1S/C10H12N4O3/c1-14-4-9(16)5-2-6(12-13-10(11)17)8(15)3-7(5)14/h2-3,9,15-16H,4H2,1H3,(H2,11,17)/p+1. The molecule has 0 aliphatic carbocycles. The van der Waals surface area contributed by atoms with E-state index in [4.69, 9.17) is 5.73 Å². The number of nitrogens with zero attached hydrogens (tertiary/aromatic N) is 2. The van der Waals surface area contributed by atoms with Crippen LogP contribution < -0.4 is 15.7 Å². The molecule has 2 rings (SSSR count).